The first-order chi connectivity index (χ1) is 7.20. The molecule has 2 N–H and O–H groups in total. The van der Waals surface area contributed by atoms with Gasteiger partial charge in [-0.05, 0) is 49.4 Å². The van der Waals surface area contributed by atoms with Crippen molar-refractivity contribution in [1.82, 2.24) is 0 Å². The largest absolute Gasteiger partial charge is 0.390 e. The Labute approximate surface area is 99.1 Å². The Kier molecular flexibility index (Phi) is 2.67. The molecule has 0 radical (unpaired) electrons. The quantitative estimate of drug-likeness (QED) is 0.667. The van der Waals surface area contributed by atoms with Crippen LogP contribution in [0.25, 0.3) is 0 Å². The van der Waals surface area contributed by atoms with Crippen molar-refractivity contribution in [3.8, 4) is 0 Å². The van der Waals surface area contributed by atoms with Gasteiger partial charge in [-0.15, -0.1) is 0 Å². The highest BCUT2D eigenvalue weighted by molar-refractivity contribution is 5.07. The topological polar surface area (TPSA) is 40.5 Å². The van der Waals surface area contributed by atoms with Crippen molar-refractivity contribution in [3.63, 3.8) is 0 Å². The number of rotatable bonds is 0. The van der Waals surface area contributed by atoms with Crippen molar-refractivity contribution < 1.29 is 10.2 Å². The van der Waals surface area contributed by atoms with Crippen LogP contribution in [0.3, 0.4) is 0 Å². The molecule has 4 unspecified atom stereocenters. The molecule has 2 saturated carbocycles. The smallest absolute Gasteiger partial charge is 0.0883 e. The summed E-state index contributed by atoms with van der Waals surface area (Å²) in [6.45, 7) is 8.61. The minimum atomic E-state index is -0.890. The standard InChI is InChI=1S/C14H26O2/c1-12(2)7-5-8-13(3)10(12)6-9-14(4,16)11(13)15/h10-11,15-16H,5-9H2,1-4H3. The number of fused-ring (bicyclic) bond motifs is 1. The molecule has 0 aromatic rings. The zero-order chi connectivity index (χ0) is 12.2. The van der Waals surface area contributed by atoms with Crippen molar-refractivity contribution in [3.05, 3.63) is 0 Å². The summed E-state index contributed by atoms with van der Waals surface area (Å²) < 4.78 is 0. The Balaban J connectivity index is 2.34. The Morgan fingerprint density at radius 3 is 2.25 bits per heavy atom. The van der Waals surface area contributed by atoms with Gasteiger partial charge < -0.3 is 10.2 Å². The third kappa shape index (κ3) is 1.62. The fourth-order valence-corrected chi connectivity index (χ4v) is 4.50. The predicted octanol–water partition coefficient (Wildman–Crippen LogP) is 2.72. The van der Waals surface area contributed by atoms with Crippen molar-refractivity contribution in [2.75, 3.05) is 0 Å². The molecule has 0 aromatic carbocycles. The van der Waals surface area contributed by atoms with E-state index in [9.17, 15) is 10.2 Å². The van der Waals surface area contributed by atoms with E-state index in [1.54, 1.807) is 6.92 Å². The lowest BCUT2D eigenvalue weighted by Crippen LogP contribution is -2.60. The van der Waals surface area contributed by atoms with E-state index in [0.717, 1.165) is 19.3 Å². The van der Waals surface area contributed by atoms with Crippen LogP contribution < -0.4 is 0 Å². The van der Waals surface area contributed by atoms with Gasteiger partial charge in [0, 0.05) is 0 Å². The molecule has 2 heteroatoms. The monoisotopic (exact) mass is 226 g/mol. The van der Waals surface area contributed by atoms with Gasteiger partial charge in [0.1, 0.15) is 0 Å². The zero-order valence-electron chi connectivity index (χ0n) is 11.1. The lowest BCUT2D eigenvalue weighted by Gasteiger charge is -2.59. The van der Waals surface area contributed by atoms with Crippen LogP contribution >= 0.6 is 0 Å². The van der Waals surface area contributed by atoms with Crippen molar-refractivity contribution in [1.29, 1.82) is 0 Å². The van der Waals surface area contributed by atoms with E-state index in [1.165, 1.54) is 12.8 Å². The fraction of sp³-hybridized carbons (Fsp3) is 1.00. The van der Waals surface area contributed by atoms with Crippen LogP contribution in [0.5, 0.6) is 0 Å². The molecule has 0 aromatic heterocycles. The lowest BCUT2D eigenvalue weighted by atomic mass is 9.48. The molecule has 0 heterocycles. The lowest BCUT2D eigenvalue weighted by molar-refractivity contribution is -0.203. The normalized spacial score (nSPS) is 52.1. The van der Waals surface area contributed by atoms with E-state index < -0.39 is 11.7 Å². The molecule has 0 amide bonds. The molecule has 0 bridgehead atoms. The van der Waals surface area contributed by atoms with Crippen LogP contribution in [-0.4, -0.2) is 21.9 Å². The van der Waals surface area contributed by atoms with E-state index in [-0.39, 0.29) is 5.41 Å². The van der Waals surface area contributed by atoms with Crippen LogP contribution in [-0.2, 0) is 0 Å². The van der Waals surface area contributed by atoms with Crippen molar-refractivity contribution in [2.24, 2.45) is 16.7 Å². The second kappa shape index (κ2) is 3.46. The summed E-state index contributed by atoms with van der Waals surface area (Å²) in [5, 5.41) is 20.7. The molecular weight excluding hydrogens is 200 g/mol. The number of hydrogen-bond acceptors (Lipinski definition) is 2. The minimum Gasteiger partial charge on any atom is -0.390 e. The first kappa shape index (κ1) is 12.4. The summed E-state index contributed by atoms with van der Waals surface area (Å²) in [5.41, 5.74) is -0.674. The second-order valence-electron chi connectivity index (χ2n) is 7.20. The Bertz CT molecular complexity index is 282. The van der Waals surface area contributed by atoms with Gasteiger partial charge in [0.05, 0.1) is 11.7 Å². The fourth-order valence-electron chi connectivity index (χ4n) is 4.50. The van der Waals surface area contributed by atoms with Gasteiger partial charge in [0.25, 0.3) is 0 Å². The van der Waals surface area contributed by atoms with Gasteiger partial charge in [0.15, 0.2) is 0 Å². The zero-order valence-corrected chi connectivity index (χ0v) is 11.1. The SMILES string of the molecule is CC1(C)CCCC2(C)C1CCC(C)(O)C2O. The van der Waals surface area contributed by atoms with E-state index in [2.05, 4.69) is 20.8 Å². The molecule has 0 saturated heterocycles. The average molecular weight is 226 g/mol. The summed E-state index contributed by atoms with van der Waals surface area (Å²) in [6.07, 6.45) is 4.69. The molecule has 2 rings (SSSR count). The van der Waals surface area contributed by atoms with Gasteiger partial charge in [0.2, 0.25) is 0 Å². The van der Waals surface area contributed by atoms with Crippen LogP contribution in [0.4, 0.5) is 0 Å². The van der Waals surface area contributed by atoms with Crippen LogP contribution in [0, 0.1) is 16.7 Å². The highest BCUT2D eigenvalue weighted by Crippen LogP contribution is 2.59. The molecule has 0 spiro atoms. The first-order valence-electron chi connectivity index (χ1n) is 6.61. The predicted molar refractivity (Wildman–Crippen MR) is 65.1 cm³/mol. The maximum atomic E-state index is 10.5. The van der Waals surface area contributed by atoms with Crippen LogP contribution in [0.2, 0.25) is 0 Å². The van der Waals surface area contributed by atoms with Gasteiger partial charge in [-0.25, -0.2) is 0 Å². The highest BCUT2D eigenvalue weighted by atomic mass is 16.3. The highest BCUT2D eigenvalue weighted by Gasteiger charge is 2.57. The summed E-state index contributed by atoms with van der Waals surface area (Å²) in [6, 6.07) is 0. The van der Waals surface area contributed by atoms with Gasteiger partial charge >= 0.3 is 0 Å². The first-order valence-corrected chi connectivity index (χ1v) is 6.61. The molecular formula is C14H26O2. The van der Waals surface area contributed by atoms with Gasteiger partial charge in [-0.2, -0.15) is 0 Å². The molecule has 2 aliphatic rings. The maximum Gasteiger partial charge on any atom is 0.0883 e. The van der Waals surface area contributed by atoms with E-state index in [4.69, 9.17) is 0 Å². The van der Waals surface area contributed by atoms with Gasteiger partial charge in [-0.3, -0.25) is 0 Å². The molecule has 2 nitrogen and oxygen atoms in total. The number of hydrogen-bond donors (Lipinski definition) is 2. The maximum absolute atomic E-state index is 10.5. The number of aliphatic hydroxyl groups is 2. The summed E-state index contributed by atoms with van der Waals surface area (Å²) >= 11 is 0. The van der Waals surface area contributed by atoms with E-state index >= 15 is 0 Å². The summed E-state index contributed by atoms with van der Waals surface area (Å²) in [7, 11) is 0. The van der Waals surface area contributed by atoms with E-state index in [0.29, 0.717) is 11.3 Å². The summed E-state index contributed by atoms with van der Waals surface area (Å²) in [5.74, 6) is 0.545. The second-order valence-corrected chi connectivity index (χ2v) is 7.20. The molecule has 94 valence electrons. The van der Waals surface area contributed by atoms with Crippen molar-refractivity contribution >= 4 is 0 Å². The Morgan fingerprint density at radius 2 is 1.62 bits per heavy atom. The third-order valence-electron chi connectivity index (χ3n) is 5.43. The molecule has 4 atom stereocenters. The Hall–Kier alpha value is -0.0800. The number of aliphatic hydroxyl groups excluding tert-OH is 1. The molecule has 2 fully saturated rings. The van der Waals surface area contributed by atoms with E-state index in [1.807, 2.05) is 0 Å². The summed E-state index contributed by atoms with van der Waals surface area (Å²) in [4.78, 5) is 0. The van der Waals surface area contributed by atoms with Gasteiger partial charge in [-0.1, -0.05) is 27.2 Å². The molecule has 0 aliphatic heterocycles. The van der Waals surface area contributed by atoms with Crippen molar-refractivity contribution in [2.45, 2.75) is 71.5 Å². The molecule has 2 aliphatic carbocycles. The van der Waals surface area contributed by atoms with Crippen LogP contribution in [0.1, 0.15) is 59.8 Å². The third-order valence-corrected chi connectivity index (χ3v) is 5.43. The Morgan fingerprint density at radius 1 is 1.00 bits per heavy atom. The average Bonchev–Trinajstić information content (AvgIpc) is 2.12. The minimum absolute atomic E-state index is 0.0938. The molecule has 16 heavy (non-hydrogen) atoms. The van der Waals surface area contributed by atoms with Crippen LogP contribution in [0.15, 0.2) is 0 Å².